The lowest BCUT2D eigenvalue weighted by Gasteiger charge is -2.21. The third-order valence-electron chi connectivity index (χ3n) is 3.67. The summed E-state index contributed by atoms with van der Waals surface area (Å²) >= 11 is 0. The maximum absolute atomic E-state index is 10.2. The summed E-state index contributed by atoms with van der Waals surface area (Å²) in [5.41, 5.74) is 0.293. The van der Waals surface area contributed by atoms with Crippen molar-refractivity contribution in [1.82, 2.24) is 30.8 Å². The van der Waals surface area contributed by atoms with E-state index in [-0.39, 0.29) is 0 Å². The highest BCUT2D eigenvalue weighted by molar-refractivity contribution is 5.52. The molecule has 1 atom stereocenters. The van der Waals surface area contributed by atoms with E-state index in [2.05, 4.69) is 30.8 Å². The van der Waals surface area contributed by atoms with Gasteiger partial charge in [-0.2, -0.15) is 5.10 Å². The van der Waals surface area contributed by atoms with Crippen molar-refractivity contribution in [3.8, 4) is 11.4 Å². The van der Waals surface area contributed by atoms with Gasteiger partial charge < -0.3 is 15.7 Å². The molecule has 0 spiro atoms. The van der Waals surface area contributed by atoms with Gasteiger partial charge in [0.15, 0.2) is 5.82 Å². The van der Waals surface area contributed by atoms with Gasteiger partial charge in [0.2, 0.25) is 0 Å². The van der Waals surface area contributed by atoms with Crippen molar-refractivity contribution in [3.63, 3.8) is 0 Å². The lowest BCUT2D eigenvalue weighted by Crippen LogP contribution is -2.42. The molecular formula is C14H20N6O. The first-order valence-corrected chi connectivity index (χ1v) is 7.21. The van der Waals surface area contributed by atoms with Gasteiger partial charge in [-0.25, -0.2) is 4.98 Å². The van der Waals surface area contributed by atoms with E-state index in [1.165, 1.54) is 0 Å². The largest absolute Gasteiger partial charge is 0.387 e. The minimum atomic E-state index is -0.609. The zero-order chi connectivity index (χ0) is 14.5. The Morgan fingerprint density at radius 2 is 2.38 bits per heavy atom. The molecule has 0 saturated carbocycles. The van der Waals surface area contributed by atoms with Crippen LogP contribution < -0.4 is 10.6 Å². The van der Waals surface area contributed by atoms with Crippen LogP contribution >= 0.6 is 0 Å². The number of pyridine rings is 1. The molecule has 2 aromatic heterocycles. The maximum atomic E-state index is 10.2. The van der Waals surface area contributed by atoms with Crippen LogP contribution in [0, 0.1) is 0 Å². The van der Waals surface area contributed by atoms with E-state index in [1.807, 2.05) is 12.1 Å². The number of β-amino-alcohol motifs (C(OH)–C–C–N with tert-alkyl or cyclic N) is 1. The Morgan fingerprint density at radius 3 is 3.14 bits per heavy atom. The molecule has 21 heavy (non-hydrogen) atoms. The molecule has 1 fully saturated rings. The van der Waals surface area contributed by atoms with Gasteiger partial charge in [-0.3, -0.25) is 10.1 Å². The topological polar surface area (TPSA) is 98.8 Å². The fourth-order valence-corrected chi connectivity index (χ4v) is 2.44. The Balaban J connectivity index is 1.47. The maximum Gasteiger partial charge on any atom is 0.182 e. The van der Waals surface area contributed by atoms with Crippen molar-refractivity contribution in [2.24, 2.45) is 0 Å². The van der Waals surface area contributed by atoms with Gasteiger partial charge in [-0.15, -0.1) is 0 Å². The Kier molecular flexibility index (Phi) is 4.23. The van der Waals surface area contributed by atoms with Gasteiger partial charge in [0.25, 0.3) is 0 Å². The number of rotatable bonds is 6. The fraction of sp³-hybridized carbons (Fsp3) is 0.500. The number of aromatic amines is 1. The number of aliphatic hydroxyl groups is 1. The molecule has 0 radical (unpaired) electrons. The quantitative estimate of drug-likeness (QED) is 0.546. The third kappa shape index (κ3) is 3.63. The summed E-state index contributed by atoms with van der Waals surface area (Å²) in [6, 6.07) is 3.80. The minimum absolute atomic E-state index is 0.601. The molecule has 3 heterocycles. The van der Waals surface area contributed by atoms with Crippen LogP contribution in [0.15, 0.2) is 24.5 Å². The predicted molar refractivity (Wildman–Crippen MR) is 78.6 cm³/mol. The fourth-order valence-electron chi connectivity index (χ4n) is 2.44. The first-order valence-electron chi connectivity index (χ1n) is 7.21. The van der Waals surface area contributed by atoms with Crippen LogP contribution in [0.5, 0.6) is 0 Å². The summed E-state index contributed by atoms with van der Waals surface area (Å²) in [6.45, 7) is 2.90. The molecule has 7 nitrogen and oxygen atoms in total. The molecule has 0 aliphatic carbocycles. The smallest absolute Gasteiger partial charge is 0.182 e. The van der Waals surface area contributed by atoms with Crippen molar-refractivity contribution in [3.05, 3.63) is 30.4 Å². The molecule has 0 bridgehead atoms. The number of hydrogen-bond acceptors (Lipinski definition) is 6. The molecule has 3 rings (SSSR count). The van der Waals surface area contributed by atoms with Gasteiger partial charge >= 0.3 is 0 Å². The average Bonchev–Trinajstić information content (AvgIpc) is 3.14. The SMILES string of the molecule is OC1(CNCCc2nc(-c3cccnc3)n[nH]2)CCNC1. The van der Waals surface area contributed by atoms with Crippen LogP contribution in [-0.2, 0) is 6.42 Å². The van der Waals surface area contributed by atoms with Gasteiger partial charge in [0, 0.05) is 44.0 Å². The Bertz CT molecular complexity index is 564. The number of nitrogens with zero attached hydrogens (tertiary/aromatic N) is 3. The standard InChI is InChI=1S/C14H20N6O/c21-14(4-7-17-10-14)9-16-6-3-12-18-13(20-19-12)11-2-1-5-15-8-11/h1-2,5,8,16-17,21H,3-4,6-7,9-10H2,(H,18,19,20). The molecule has 112 valence electrons. The molecule has 0 amide bonds. The molecule has 7 heteroatoms. The Hall–Kier alpha value is -1.83. The molecule has 2 aromatic rings. The predicted octanol–water partition coefficient (Wildman–Crippen LogP) is -0.277. The van der Waals surface area contributed by atoms with E-state index in [4.69, 9.17) is 0 Å². The van der Waals surface area contributed by atoms with Crippen LogP contribution in [0.1, 0.15) is 12.2 Å². The third-order valence-corrected chi connectivity index (χ3v) is 3.67. The molecule has 1 unspecified atom stereocenters. The second kappa shape index (κ2) is 6.30. The van der Waals surface area contributed by atoms with E-state index in [0.717, 1.165) is 37.3 Å². The second-order valence-corrected chi connectivity index (χ2v) is 5.43. The summed E-state index contributed by atoms with van der Waals surface area (Å²) in [7, 11) is 0. The van der Waals surface area contributed by atoms with Gasteiger partial charge in [0.1, 0.15) is 5.82 Å². The van der Waals surface area contributed by atoms with Crippen molar-refractivity contribution in [2.75, 3.05) is 26.2 Å². The summed E-state index contributed by atoms with van der Waals surface area (Å²) < 4.78 is 0. The highest BCUT2D eigenvalue weighted by Crippen LogP contribution is 2.13. The number of aromatic nitrogens is 4. The van der Waals surface area contributed by atoms with E-state index >= 15 is 0 Å². The van der Waals surface area contributed by atoms with E-state index < -0.39 is 5.60 Å². The molecule has 1 saturated heterocycles. The molecular weight excluding hydrogens is 268 g/mol. The van der Waals surface area contributed by atoms with Gasteiger partial charge in [-0.05, 0) is 25.1 Å². The second-order valence-electron chi connectivity index (χ2n) is 5.43. The molecule has 0 aromatic carbocycles. The summed E-state index contributed by atoms with van der Waals surface area (Å²) in [6.07, 6.45) is 5.02. The lowest BCUT2D eigenvalue weighted by atomic mass is 10.0. The average molecular weight is 288 g/mol. The minimum Gasteiger partial charge on any atom is -0.387 e. The van der Waals surface area contributed by atoms with E-state index in [9.17, 15) is 5.11 Å². The van der Waals surface area contributed by atoms with Crippen LogP contribution in [0.4, 0.5) is 0 Å². The van der Waals surface area contributed by atoms with Crippen LogP contribution in [0.3, 0.4) is 0 Å². The highest BCUT2D eigenvalue weighted by Gasteiger charge is 2.30. The van der Waals surface area contributed by atoms with Crippen molar-refractivity contribution in [2.45, 2.75) is 18.4 Å². The first-order chi connectivity index (χ1) is 10.3. The van der Waals surface area contributed by atoms with Crippen molar-refractivity contribution >= 4 is 0 Å². The van der Waals surface area contributed by atoms with Crippen molar-refractivity contribution < 1.29 is 5.11 Å². The number of nitrogens with one attached hydrogen (secondary N) is 3. The van der Waals surface area contributed by atoms with Crippen LogP contribution in [0.25, 0.3) is 11.4 Å². The summed E-state index contributed by atoms with van der Waals surface area (Å²) in [4.78, 5) is 8.50. The monoisotopic (exact) mass is 288 g/mol. The number of H-pyrrole nitrogens is 1. The Labute approximate surface area is 123 Å². The van der Waals surface area contributed by atoms with Crippen LogP contribution in [0.2, 0.25) is 0 Å². The molecule has 4 N–H and O–H groups in total. The summed E-state index contributed by atoms with van der Waals surface area (Å²) in [5, 5.41) is 23.7. The van der Waals surface area contributed by atoms with Gasteiger partial charge in [0.05, 0.1) is 5.60 Å². The summed E-state index contributed by atoms with van der Waals surface area (Å²) in [5.74, 6) is 1.50. The van der Waals surface area contributed by atoms with Crippen molar-refractivity contribution in [1.29, 1.82) is 0 Å². The Morgan fingerprint density at radius 1 is 1.43 bits per heavy atom. The zero-order valence-electron chi connectivity index (χ0n) is 11.8. The zero-order valence-corrected chi connectivity index (χ0v) is 11.8. The van der Waals surface area contributed by atoms with Crippen LogP contribution in [-0.4, -0.2) is 57.1 Å². The number of hydrogen-bond donors (Lipinski definition) is 4. The van der Waals surface area contributed by atoms with Gasteiger partial charge in [-0.1, -0.05) is 0 Å². The highest BCUT2D eigenvalue weighted by atomic mass is 16.3. The molecule has 1 aliphatic heterocycles. The van der Waals surface area contributed by atoms with E-state index in [0.29, 0.717) is 18.9 Å². The first kappa shape index (κ1) is 14.1. The lowest BCUT2D eigenvalue weighted by molar-refractivity contribution is 0.0614. The molecule has 1 aliphatic rings. The van der Waals surface area contributed by atoms with E-state index in [1.54, 1.807) is 12.4 Å². The normalized spacial score (nSPS) is 21.8.